The predicted molar refractivity (Wildman–Crippen MR) is 69.4 cm³/mol. The lowest BCUT2D eigenvalue weighted by atomic mass is 9.86. The van der Waals surface area contributed by atoms with E-state index in [0.717, 1.165) is 11.3 Å². The van der Waals surface area contributed by atoms with Gasteiger partial charge in [-0.15, -0.1) is 0 Å². The Hall–Kier alpha value is -1.00. The van der Waals surface area contributed by atoms with Crippen molar-refractivity contribution < 1.29 is 4.79 Å². The van der Waals surface area contributed by atoms with Gasteiger partial charge in [-0.2, -0.15) is 11.8 Å². The fourth-order valence-corrected chi connectivity index (χ4v) is 2.29. The first-order chi connectivity index (χ1) is 7.67. The Bertz CT molecular complexity index is 342. The average molecular weight is 238 g/mol. The molecule has 1 unspecified atom stereocenters. The maximum atomic E-state index is 11.7. The molecule has 3 N–H and O–H groups in total. The van der Waals surface area contributed by atoms with E-state index in [2.05, 4.69) is 5.32 Å². The number of amides is 1. The van der Waals surface area contributed by atoms with Gasteiger partial charge in [-0.3, -0.25) is 4.79 Å². The van der Waals surface area contributed by atoms with Crippen LogP contribution >= 0.6 is 11.8 Å². The van der Waals surface area contributed by atoms with Crippen LogP contribution in [0.25, 0.3) is 0 Å². The number of benzene rings is 1. The zero-order valence-electron chi connectivity index (χ0n) is 9.69. The molecule has 0 aliphatic rings. The van der Waals surface area contributed by atoms with Crippen LogP contribution in [0, 0.1) is 0 Å². The molecule has 3 nitrogen and oxygen atoms in total. The van der Waals surface area contributed by atoms with Gasteiger partial charge in [0.05, 0.1) is 0 Å². The van der Waals surface area contributed by atoms with E-state index in [0.29, 0.717) is 6.42 Å². The predicted octanol–water partition coefficient (Wildman–Crippen LogP) is 1.34. The van der Waals surface area contributed by atoms with Crippen molar-refractivity contribution in [3.05, 3.63) is 35.9 Å². The Morgan fingerprint density at radius 3 is 2.50 bits per heavy atom. The number of hydrogen-bond acceptors (Lipinski definition) is 3. The fraction of sp³-hybridized carbons (Fsp3) is 0.417. The second-order valence-electron chi connectivity index (χ2n) is 3.63. The topological polar surface area (TPSA) is 55.1 Å². The van der Waals surface area contributed by atoms with Gasteiger partial charge in [-0.05, 0) is 31.0 Å². The molecule has 0 radical (unpaired) electrons. The van der Waals surface area contributed by atoms with Gasteiger partial charge in [0.1, 0.15) is 5.54 Å². The van der Waals surface area contributed by atoms with Crippen LogP contribution in [0.3, 0.4) is 0 Å². The van der Waals surface area contributed by atoms with Crippen molar-refractivity contribution in [3.63, 3.8) is 0 Å². The number of carbonyl (C=O) groups is 1. The number of nitrogens with one attached hydrogen (secondary N) is 1. The highest BCUT2D eigenvalue weighted by Gasteiger charge is 2.36. The van der Waals surface area contributed by atoms with Crippen molar-refractivity contribution in [3.8, 4) is 0 Å². The van der Waals surface area contributed by atoms with Crippen molar-refractivity contribution in [2.75, 3.05) is 19.1 Å². The summed E-state index contributed by atoms with van der Waals surface area (Å²) in [5.74, 6) is 0.564. The van der Waals surface area contributed by atoms with E-state index in [1.54, 1.807) is 18.8 Å². The SMILES string of the molecule is CNC(CCSC)(C(N)=O)c1ccccc1. The van der Waals surface area contributed by atoms with Gasteiger partial charge in [0.15, 0.2) is 0 Å². The monoisotopic (exact) mass is 238 g/mol. The number of thioether (sulfide) groups is 1. The Morgan fingerprint density at radius 1 is 1.44 bits per heavy atom. The van der Waals surface area contributed by atoms with Gasteiger partial charge in [0, 0.05) is 0 Å². The summed E-state index contributed by atoms with van der Waals surface area (Å²) in [4.78, 5) is 11.7. The second-order valence-corrected chi connectivity index (χ2v) is 4.61. The Morgan fingerprint density at radius 2 is 2.06 bits per heavy atom. The summed E-state index contributed by atoms with van der Waals surface area (Å²) in [5.41, 5.74) is 5.73. The standard InChI is InChI=1S/C12H18N2OS/c1-14-12(11(13)15,8-9-16-2)10-6-4-3-5-7-10/h3-7,14H,8-9H2,1-2H3,(H2,13,15). The van der Waals surface area contributed by atoms with Gasteiger partial charge in [-0.1, -0.05) is 30.3 Å². The first-order valence-corrected chi connectivity index (χ1v) is 6.60. The van der Waals surface area contributed by atoms with E-state index in [1.807, 2.05) is 36.6 Å². The fourth-order valence-electron chi connectivity index (χ4n) is 1.78. The van der Waals surface area contributed by atoms with Crippen LogP contribution < -0.4 is 11.1 Å². The van der Waals surface area contributed by atoms with Crippen LogP contribution in [0.15, 0.2) is 30.3 Å². The van der Waals surface area contributed by atoms with Crippen molar-refractivity contribution in [1.82, 2.24) is 5.32 Å². The van der Waals surface area contributed by atoms with Crippen LogP contribution in [0.4, 0.5) is 0 Å². The molecular formula is C12H18N2OS. The average Bonchev–Trinajstić information content (AvgIpc) is 2.31. The van der Waals surface area contributed by atoms with E-state index >= 15 is 0 Å². The highest BCUT2D eigenvalue weighted by atomic mass is 32.2. The normalized spacial score (nSPS) is 14.4. The molecule has 0 heterocycles. The third kappa shape index (κ3) is 2.57. The van der Waals surface area contributed by atoms with Gasteiger partial charge in [0.2, 0.25) is 5.91 Å². The van der Waals surface area contributed by atoms with E-state index < -0.39 is 5.54 Å². The molecule has 0 aliphatic heterocycles. The van der Waals surface area contributed by atoms with Crippen molar-refractivity contribution in [2.45, 2.75) is 12.0 Å². The molecule has 0 spiro atoms. The van der Waals surface area contributed by atoms with Crippen LogP contribution in [0.2, 0.25) is 0 Å². The van der Waals surface area contributed by atoms with E-state index in [4.69, 9.17) is 5.73 Å². The van der Waals surface area contributed by atoms with Crippen molar-refractivity contribution in [2.24, 2.45) is 5.73 Å². The molecular weight excluding hydrogens is 220 g/mol. The van der Waals surface area contributed by atoms with E-state index in [9.17, 15) is 4.79 Å². The summed E-state index contributed by atoms with van der Waals surface area (Å²) in [6.45, 7) is 0. The number of carbonyl (C=O) groups excluding carboxylic acids is 1. The molecule has 0 saturated heterocycles. The Labute approximate surface area is 101 Å². The zero-order chi connectivity index (χ0) is 12.0. The zero-order valence-corrected chi connectivity index (χ0v) is 10.5. The first-order valence-electron chi connectivity index (χ1n) is 5.20. The van der Waals surface area contributed by atoms with E-state index in [-0.39, 0.29) is 5.91 Å². The minimum absolute atomic E-state index is 0.324. The molecule has 4 heteroatoms. The Kier molecular flexibility index (Phi) is 4.83. The smallest absolute Gasteiger partial charge is 0.242 e. The molecule has 0 bridgehead atoms. The van der Waals surface area contributed by atoms with Gasteiger partial charge < -0.3 is 11.1 Å². The van der Waals surface area contributed by atoms with Gasteiger partial charge >= 0.3 is 0 Å². The lowest BCUT2D eigenvalue weighted by molar-refractivity contribution is -0.124. The Balaban J connectivity index is 3.07. The highest BCUT2D eigenvalue weighted by molar-refractivity contribution is 7.98. The maximum Gasteiger partial charge on any atom is 0.242 e. The third-order valence-electron chi connectivity index (χ3n) is 2.80. The number of nitrogens with two attached hydrogens (primary N) is 1. The molecule has 0 saturated carbocycles. The minimum Gasteiger partial charge on any atom is -0.368 e. The van der Waals surface area contributed by atoms with Gasteiger partial charge in [-0.25, -0.2) is 0 Å². The van der Waals surface area contributed by atoms with Crippen LogP contribution in [-0.2, 0) is 10.3 Å². The number of likely N-dealkylation sites (N-methyl/N-ethyl adjacent to an activating group) is 1. The molecule has 1 amide bonds. The lowest BCUT2D eigenvalue weighted by Gasteiger charge is -2.30. The largest absolute Gasteiger partial charge is 0.368 e. The lowest BCUT2D eigenvalue weighted by Crippen LogP contribution is -2.51. The van der Waals surface area contributed by atoms with Gasteiger partial charge in [0.25, 0.3) is 0 Å². The molecule has 16 heavy (non-hydrogen) atoms. The van der Waals surface area contributed by atoms with Crippen molar-refractivity contribution in [1.29, 1.82) is 0 Å². The molecule has 88 valence electrons. The van der Waals surface area contributed by atoms with Crippen LogP contribution in [-0.4, -0.2) is 25.0 Å². The molecule has 1 atom stereocenters. The number of hydrogen-bond donors (Lipinski definition) is 2. The van der Waals surface area contributed by atoms with Crippen molar-refractivity contribution >= 4 is 17.7 Å². The highest BCUT2D eigenvalue weighted by Crippen LogP contribution is 2.25. The minimum atomic E-state index is -0.746. The molecule has 0 fully saturated rings. The quantitative estimate of drug-likeness (QED) is 0.786. The maximum absolute atomic E-state index is 11.7. The molecule has 1 aromatic carbocycles. The van der Waals surface area contributed by atoms with Crippen LogP contribution in [0.5, 0.6) is 0 Å². The molecule has 1 rings (SSSR count). The summed E-state index contributed by atoms with van der Waals surface area (Å²) < 4.78 is 0. The third-order valence-corrected chi connectivity index (χ3v) is 3.41. The van der Waals surface area contributed by atoms with Crippen LogP contribution in [0.1, 0.15) is 12.0 Å². The summed E-state index contributed by atoms with van der Waals surface area (Å²) in [6, 6.07) is 9.63. The summed E-state index contributed by atoms with van der Waals surface area (Å²) in [6.07, 6.45) is 2.72. The molecule has 1 aromatic rings. The molecule has 0 aromatic heterocycles. The molecule has 0 aliphatic carbocycles. The summed E-state index contributed by atoms with van der Waals surface area (Å²) in [5, 5.41) is 3.08. The summed E-state index contributed by atoms with van der Waals surface area (Å²) in [7, 11) is 1.78. The van der Waals surface area contributed by atoms with E-state index in [1.165, 1.54) is 0 Å². The second kappa shape index (κ2) is 5.92. The number of rotatable bonds is 6. The number of primary amides is 1. The first kappa shape index (κ1) is 13.1. The summed E-state index contributed by atoms with van der Waals surface area (Å²) >= 11 is 1.71.